The molecule has 0 atom stereocenters. The van der Waals surface area contributed by atoms with Crippen LogP contribution in [-0.4, -0.2) is 17.1 Å². The molecule has 106 valence electrons. The SMILES string of the molecule is COc1ccc(-c2nc(Cl)cc(CC(C)C)n2)cc1Br. The monoisotopic (exact) mass is 354 g/mol. The van der Waals surface area contributed by atoms with Gasteiger partial charge in [0.15, 0.2) is 5.82 Å². The molecule has 0 N–H and O–H groups in total. The Morgan fingerprint density at radius 3 is 2.60 bits per heavy atom. The summed E-state index contributed by atoms with van der Waals surface area (Å²) in [5, 5.41) is 0.470. The molecule has 5 heteroatoms. The number of aromatic nitrogens is 2. The maximum atomic E-state index is 6.09. The summed E-state index contributed by atoms with van der Waals surface area (Å²) in [6.45, 7) is 4.30. The Hall–Kier alpha value is -1.13. The fourth-order valence-electron chi connectivity index (χ4n) is 1.92. The van der Waals surface area contributed by atoms with Crippen LogP contribution in [-0.2, 0) is 6.42 Å². The summed E-state index contributed by atoms with van der Waals surface area (Å²) in [4.78, 5) is 8.88. The predicted molar refractivity (Wildman–Crippen MR) is 85.3 cm³/mol. The van der Waals surface area contributed by atoms with Gasteiger partial charge in [-0.15, -0.1) is 0 Å². The zero-order chi connectivity index (χ0) is 14.7. The first kappa shape index (κ1) is 15.3. The summed E-state index contributed by atoms with van der Waals surface area (Å²) < 4.78 is 6.09. The van der Waals surface area contributed by atoms with Crippen molar-refractivity contribution in [3.8, 4) is 17.1 Å². The van der Waals surface area contributed by atoms with Crippen molar-refractivity contribution in [2.75, 3.05) is 7.11 Å². The highest BCUT2D eigenvalue weighted by molar-refractivity contribution is 9.10. The summed E-state index contributed by atoms with van der Waals surface area (Å²) in [5.74, 6) is 1.94. The Balaban J connectivity index is 2.41. The van der Waals surface area contributed by atoms with Gasteiger partial charge in [-0.2, -0.15) is 0 Å². The van der Waals surface area contributed by atoms with E-state index in [1.165, 1.54) is 0 Å². The Kier molecular flexibility index (Phi) is 5.00. The van der Waals surface area contributed by atoms with Crippen molar-refractivity contribution in [2.24, 2.45) is 5.92 Å². The minimum absolute atomic E-state index is 0.470. The summed E-state index contributed by atoms with van der Waals surface area (Å²) in [6.07, 6.45) is 0.882. The molecule has 0 aliphatic rings. The third kappa shape index (κ3) is 3.70. The molecule has 0 spiro atoms. The van der Waals surface area contributed by atoms with Gasteiger partial charge >= 0.3 is 0 Å². The number of benzene rings is 1. The van der Waals surface area contributed by atoms with E-state index in [-0.39, 0.29) is 0 Å². The van der Waals surface area contributed by atoms with E-state index >= 15 is 0 Å². The van der Waals surface area contributed by atoms with Gasteiger partial charge in [-0.3, -0.25) is 0 Å². The zero-order valence-electron chi connectivity index (χ0n) is 11.7. The minimum atomic E-state index is 0.470. The van der Waals surface area contributed by atoms with Gasteiger partial charge in [0.1, 0.15) is 10.9 Å². The molecular formula is C15H16BrClN2O. The number of rotatable bonds is 4. The largest absolute Gasteiger partial charge is 0.496 e. The lowest BCUT2D eigenvalue weighted by atomic mass is 10.1. The van der Waals surface area contributed by atoms with Crippen molar-refractivity contribution in [2.45, 2.75) is 20.3 Å². The van der Waals surface area contributed by atoms with Gasteiger partial charge in [-0.25, -0.2) is 9.97 Å². The van der Waals surface area contributed by atoms with Crippen molar-refractivity contribution in [3.05, 3.63) is 39.6 Å². The molecule has 0 aliphatic heterocycles. The standard InChI is InChI=1S/C15H16BrClN2O/c1-9(2)6-11-8-14(17)19-15(18-11)10-4-5-13(20-3)12(16)7-10/h4-5,7-9H,6H2,1-3H3. The lowest BCUT2D eigenvalue weighted by Gasteiger charge is -2.09. The third-order valence-electron chi connectivity index (χ3n) is 2.78. The van der Waals surface area contributed by atoms with Crippen LogP contribution in [0.15, 0.2) is 28.7 Å². The van der Waals surface area contributed by atoms with E-state index in [0.717, 1.165) is 27.9 Å². The van der Waals surface area contributed by atoms with Gasteiger partial charge in [0.2, 0.25) is 0 Å². The molecule has 0 unspecified atom stereocenters. The quantitative estimate of drug-likeness (QED) is 0.741. The predicted octanol–water partition coefficient (Wildman–Crippen LogP) is 4.77. The maximum absolute atomic E-state index is 6.09. The lowest BCUT2D eigenvalue weighted by molar-refractivity contribution is 0.412. The Bertz CT molecular complexity index is 617. The highest BCUT2D eigenvalue weighted by atomic mass is 79.9. The van der Waals surface area contributed by atoms with Gasteiger partial charge in [0.25, 0.3) is 0 Å². The van der Waals surface area contributed by atoms with Gasteiger partial charge in [0.05, 0.1) is 11.6 Å². The molecule has 0 radical (unpaired) electrons. The Morgan fingerprint density at radius 1 is 1.25 bits per heavy atom. The van der Waals surface area contributed by atoms with Crippen LogP contribution < -0.4 is 4.74 Å². The number of halogens is 2. The van der Waals surface area contributed by atoms with E-state index < -0.39 is 0 Å². The van der Waals surface area contributed by atoms with Gasteiger partial charge < -0.3 is 4.74 Å². The fourth-order valence-corrected chi connectivity index (χ4v) is 2.67. The van der Waals surface area contributed by atoms with Crippen molar-refractivity contribution in [1.29, 1.82) is 0 Å². The Labute approximate surface area is 132 Å². The second-order valence-corrected chi connectivity index (χ2v) is 6.19. The van der Waals surface area contributed by atoms with Crippen LogP contribution in [0.25, 0.3) is 11.4 Å². The number of ether oxygens (including phenoxy) is 1. The molecule has 1 heterocycles. The van der Waals surface area contributed by atoms with Crippen LogP contribution in [0.5, 0.6) is 5.75 Å². The fraction of sp³-hybridized carbons (Fsp3) is 0.333. The molecule has 0 aliphatic carbocycles. The van der Waals surface area contributed by atoms with E-state index in [9.17, 15) is 0 Å². The minimum Gasteiger partial charge on any atom is -0.496 e. The van der Waals surface area contributed by atoms with Crippen molar-refractivity contribution >= 4 is 27.5 Å². The highest BCUT2D eigenvalue weighted by Gasteiger charge is 2.09. The topological polar surface area (TPSA) is 35.0 Å². The average molecular weight is 356 g/mol. The van der Waals surface area contributed by atoms with E-state index in [1.807, 2.05) is 24.3 Å². The molecule has 1 aromatic carbocycles. The van der Waals surface area contributed by atoms with E-state index in [4.69, 9.17) is 16.3 Å². The number of hydrogen-bond donors (Lipinski definition) is 0. The molecule has 0 fully saturated rings. The van der Waals surface area contributed by atoms with Crippen molar-refractivity contribution < 1.29 is 4.74 Å². The summed E-state index contributed by atoms with van der Waals surface area (Å²) >= 11 is 9.56. The molecule has 2 aromatic rings. The van der Waals surface area contributed by atoms with Crippen LogP contribution >= 0.6 is 27.5 Å². The number of methoxy groups -OCH3 is 1. The van der Waals surface area contributed by atoms with E-state index in [0.29, 0.717) is 16.9 Å². The van der Waals surface area contributed by atoms with E-state index in [2.05, 4.69) is 39.7 Å². The molecule has 3 nitrogen and oxygen atoms in total. The zero-order valence-corrected chi connectivity index (χ0v) is 14.0. The van der Waals surface area contributed by atoms with Crippen LogP contribution in [0, 0.1) is 5.92 Å². The highest BCUT2D eigenvalue weighted by Crippen LogP contribution is 2.29. The second-order valence-electron chi connectivity index (χ2n) is 4.95. The first-order valence-electron chi connectivity index (χ1n) is 6.37. The molecular weight excluding hydrogens is 340 g/mol. The van der Waals surface area contributed by atoms with Crippen LogP contribution in [0.2, 0.25) is 5.15 Å². The number of hydrogen-bond acceptors (Lipinski definition) is 3. The number of nitrogens with zero attached hydrogens (tertiary/aromatic N) is 2. The molecule has 0 amide bonds. The van der Waals surface area contributed by atoms with Gasteiger partial charge in [0, 0.05) is 11.3 Å². The summed E-state index contributed by atoms with van der Waals surface area (Å²) in [7, 11) is 1.64. The summed E-state index contributed by atoms with van der Waals surface area (Å²) in [5.41, 5.74) is 1.87. The van der Waals surface area contributed by atoms with Gasteiger partial charge in [-0.05, 0) is 52.5 Å². The third-order valence-corrected chi connectivity index (χ3v) is 3.59. The summed E-state index contributed by atoms with van der Waals surface area (Å²) in [6, 6.07) is 7.56. The lowest BCUT2D eigenvalue weighted by Crippen LogP contribution is -2.00. The first-order valence-corrected chi connectivity index (χ1v) is 7.54. The molecule has 0 bridgehead atoms. The Morgan fingerprint density at radius 2 is 2.00 bits per heavy atom. The average Bonchev–Trinajstić information content (AvgIpc) is 2.37. The van der Waals surface area contributed by atoms with Gasteiger partial charge in [-0.1, -0.05) is 25.4 Å². The normalized spacial score (nSPS) is 10.9. The van der Waals surface area contributed by atoms with Crippen LogP contribution in [0.3, 0.4) is 0 Å². The molecule has 2 rings (SSSR count). The first-order chi connectivity index (χ1) is 9.49. The van der Waals surface area contributed by atoms with Crippen LogP contribution in [0.4, 0.5) is 0 Å². The maximum Gasteiger partial charge on any atom is 0.161 e. The van der Waals surface area contributed by atoms with Crippen LogP contribution in [0.1, 0.15) is 19.5 Å². The second kappa shape index (κ2) is 6.55. The molecule has 20 heavy (non-hydrogen) atoms. The van der Waals surface area contributed by atoms with E-state index in [1.54, 1.807) is 7.11 Å². The van der Waals surface area contributed by atoms with Crippen molar-refractivity contribution in [1.82, 2.24) is 9.97 Å². The molecule has 0 saturated carbocycles. The van der Waals surface area contributed by atoms with Crippen molar-refractivity contribution in [3.63, 3.8) is 0 Å². The molecule has 0 saturated heterocycles. The smallest absolute Gasteiger partial charge is 0.161 e. The molecule has 1 aromatic heterocycles.